The smallest absolute Gasteiger partial charge is 0.343 e. The van der Waals surface area contributed by atoms with Crippen molar-refractivity contribution in [3.8, 4) is 12.3 Å². The van der Waals surface area contributed by atoms with Crippen molar-refractivity contribution in [3.63, 3.8) is 0 Å². The number of rotatable bonds is 2. The lowest BCUT2D eigenvalue weighted by molar-refractivity contribution is -0.198. The van der Waals surface area contributed by atoms with E-state index in [2.05, 4.69) is 11.2 Å². The first-order valence-corrected chi connectivity index (χ1v) is 5.69. The highest BCUT2D eigenvalue weighted by atomic mass is 19.4. The molecule has 1 fully saturated rings. The van der Waals surface area contributed by atoms with Crippen LogP contribution in [0.4, 0.5) is 13.2 Å². The van der Waals surface area contributed by atoms with Crippen LogP contribution >= 0.6 is 0 Å². The molecule has 1 rings (SSSR count). The first-order valence-electron chi connectivity index (χ1n) is 5.69. The lowest BCUT2D eigenvalue weighted by Crippen LogP contribution is -2.44. The minimum Gasteiger partial charge on any atom is -0.343 e. The van der Waals surface area contributed by atoms with Crippen LogP contribution in [0.3, 0.4) is 0 Å². The van der Waals surface area contributed by atoms with Crippen molar-refractivity contribution in [2.45, 2.75) is 44.8 Å². The van der Waals surface area contributed by atoms with Gasteiger partial charge in [-0.15, -0.1) is 6.42 Å². The molecule has 0 aromatic carbocycles. The van der Waals surface area contributed by atoms with E-state index < -0.39 is 30.0 Å². The molecule has 3 atom stereocenters. The number of amides is 1. The number of alkyl halides is 3. The van der Waals surface area contributed by atoms with Gasteiger partial charge in [0.2, 0.25) is 5.91 Å². The molecule has 17 heavy (non-hydrogen) atoms. The van der Waals surface area contributed by atoms with E-state index in [1.54, 1.807) is 6.92 Å². The fourth-order valence-electron chi connectivity index (χ4n) is 2.20. The Labute approximate surface area is 99.0 Å². The van der Waals surface area contributed by atoms with E-state index in [4.69, 9.17) is 6.42 Å². The molecule has 0 saturated heterocycles. The van der Waals surface area contributed by atoms with Gasteiger partial charge in [0.25, 0.3) is 0 Å². The van der Waals surface area contributed by atoms with Crippen LogP contribution in [0.1, 0.15) is 32.6 Å². The highest BCUT2D eigenvalue weighted by Gasteiger charge is 2.48. The standard InChI is InChI=1S/C12H16F3NO/c1-3-8(2)16-11(17)9-6-4-5-7-10(9)12(13,14)15/h1,8-10H,4-7H2,2H3,(H,16,17). The van der Waals surface area contributed by atoms with Gasteiger partial charge in [-0.3, -0.25) is 4.79 Å². The molecule has 0 bridgehead atoms. The summed E-state index contributed by atoms with van der Waals surface area (Å²) in [4.78, 5) is 11.7. The van der Waals surface area contributed by atoms with Gasteiger partial charge in [0, 0.05) is 5.92 Å². The van der Waals surface area contributed by atoms with Crippen molar-refractivity contribution in [2.75, 3.05) is 0 Å². The van der Waals surface area contributed by atoms with Gasteiger partial charge < -0.3 is 5.32 Å². The maximum absolute atomic E-state index is 12.8. The van der Waals surface area contributed by atoms with Crippen LogP contribution in [-0.2, 0) is 4.79 Å². The first kappa shape index (κ1) is 13.9. The number of hydrogen-bond acceptors (Lipinski definition) is 1. The molecule has 3 unspecified atom stereocenters. The largest absolute Gasteiger partial charge is 0.392 e. The summed E-state index contributed by atoms with van der Waals surface area (Å²) in [6.07, 6.45) is 2.29. The minimum atomic E-state index is -4.30. The van der Waals surface area contributed by atoms with Crippen LogP contribution in [0.15, 0.2) is 0 Å². The van der Waals surface area contributed by atoms with E-state index in [1.807, 2.05) is 0 Å². The summed E-state index contributed by atoms with van der Waals surface area (Å²) in [5.74, 6) is -0.810. The Bertz CT molecular complexity index is 319. The fourth-order valence-corrected chi connectivity index (χ4v) is 2.20. The summed E-state index contributed by atoms with van der Waals surface area (Å²) in [7, 11) is 0. The van der Waals surface area contributed by atoms with Crippen molar-refractivity contribution in [1.82, 2.24) is 5.32 Å². The Morgan fingerprint density at radius 3 is 2.53 bits per heavy atom. The van der Waals surface area contributed by atoms with Gasteiger partial charge in [0.05, 0.1) is 12.0 Å². The third-order valence-electron chi connectivity index (χ3n) is 3.13. The van der Waals surface area contributed by atoms with Crippen LogP contribution in [0.2, 0.25) is 0 Å². The third kappa shape index (κ3) is 3.65. The topological polar surface area (TPSA) is 29.1 Å². The predicted octanol–water partition coefficient (Wildman–Crippen LogP) is 2.49. The van der Waals surface area contributed by atoms with Crippen molar-refractivity contribution in [3.05, 3.63) is 0 Å². The van der Waals surface area contributed by atoms with E-state index in [9.17, 15) is 18.0 Å². The average Bonchev–Trinajstić information content (AvgIpc) is 2.27. The highest BCUT2D eigenvalue weighted by molar-refractivity contribution is 5.79. The zero-order valence-electron chi connectivity index (χ0n) is 9.68. The SMILES string of the molecule is C#CC(C)NC(=O)C1CCCCC1C(F)(F)F. The molecule has 1 N–H and O–H groups in total. The molecule has 5 heteroatoms. The molecule has 0 aliphatic heterocycles. The predicted molar refractivity (Wildman–Crippen MR) is 57.9 cm³/mol. The molecule has 0 aromatic heterocycles. The van der Waals surface area contributed by atoms with Crippen LogP contribution in [0, 0.1) is 24.2 Å². The Balaban J connectivity index is 2.72. The van der Waals surface area contributed by atoms with E-state index >= 15 is 0 Å². The van der Waals surface area contributed by atoms with Crippen molar-refractivity contribution < 1.29 is 18.0 Å². The lowest BCUT2D eigenvalue weighted by Gasteiger charge is -2.32. The molecule has 0 heterocycles. The monoisotopic (exact) mass is 247 g/mol. The van der Waals surface area contributed by atoms with Gasteiger partial charge in [0.1, 0.15) is 0 Å². The first-order chi connectivity index (χ1) is 7.86. The Morgan fingerprint density at radius 2 is 2.00 bits per heavy atom. The van der Waals surface area contributed by atoms with Gasteiger partial charge in [0.15, 0.2) is 0 Å². The lowest BCUT2D eigenvalue weighted by atomic mass is 9.78. The van der Waals surface area contributed by atoms with Gasteiger partial charge in [-0.25, -0.2) is 0 Å². The molecule has 0 spiro atoms. The van der Waals surface area contributed by atoms with E-state index in [1.165, 1.54) is 0 Å². The number of terminal acetylenes is 1. The van der Waals surface area contributed by atoms with Crippen LogP contribution in [0.5, 0.6) is 0 Å². The Morgan fingerprint density at radius 1 is 1.41 bits per heavy atom. The summed E-state index contributed by atoms with van der Waals surface area (Å²) in [6, 6.07) is -0.529. The third-order valence-corrected chi connectivity index (χ3v) is 3.13. The van der Waals surface area contributed by atoms with Crippen molar-refractivity contribution >= 4 is 5.91 Å². The minimum absolute atomic E-state index is 0.0338. The highest BCUT2D eigenvalue weighted by Crippen LogP contribution is 2.41. The molecule has 1 saturated carbocycles. The quantitative estimate of drug-likeness (QED) is 0.746. The molecule has 1 aliphatic rings. The van der Waals surface area contributed by atoms with Gasteiger partial charge in [-0.05, 0) is 19.8 Å². The average molecular weight is 247 g/mol. The number of carbonyl (C=O) groups excluding carboxylic acids is 1. The Kier molecular flexibility index (Phi) is 4.44. The van der Waals surface area contributed by atoms with Crippen LogP contribution < -0.4 is 5.32 Å². The summed E-state index contributed by atoms with van der Waals surface area (Å²) >= 11 is 0. The summed E-state index contributed by atoms with van der Waals surface area (Å²) in [5.41, 5.74) is 0. The summed E-state index contributed by atoms with van der Waals surface area (Å²) in [6.45, 7) is 1.57. The molecule has 1 amide bonds. The van der Waals surface area contributed by atoms with Gasteiger partial charge in [-0.1, -0.05) is 18.8 Å². The molecule has 0 radical (unpaired) electrons. The molecular weight excluding hydrogens is 231 g/mol. The number of hydrogen-bond donors (Lipinski definition) is 1. The molecule has 0 aromatic rings. The second-order valence-electron chi connectivity index (χ2n) is 4.44. The zero-order valence-corrected chi connectivity index (χ0v) is 9.68. The zero-order chi connectivity index (χ0) is 13.1. The fraction of sp³-hybridized carbons (Fsp3) is 0.750. The van der Waals surface area contributed by atoms with E-state index in [-0.39, 0.29) is 12.8 Å². The number of halogens is 3. The number of nitrogens with one attached hydrogen (secondary N) is 1. The van der Waals surface area contributed by atoms with Gasteiger partial charge in [-0.2, -0.15) is 13.2 Å². The second kappa shape index (κ2) is 5.44. The van der Waals surface area contributed by atoms with Gasteiger partial charge >= 0.3 is 6.18 Å². The normalized spacial score (nSPS) is 27.0. The maximum Gasteiger partial charge on any atom is 0.392 e. The maximum atomic E-state index is 12.8. The molecule has 1 aliphatic carbocycles. The van der Waals surface area contributed by atoms with Crippen molar-refractivity contribution in [1.29, 1.82) is 0 Å². The molecule has 96 valence electrons. The molecule has 2 nitrogen and oxygen atoms in total. The molecular formula is C12H16F3NO. The van der Waals surface area contributed by atoms with Crippen LogP contribution in [0.25, 0.3) is 0 Å². The van der Waals surface area contributed by atoms with E-state index in [0.29, 0.717) is 12.8 Å². The Hall–Kier alpha value is -1.18. The summed E-state index contributed by atoms with van der Waals surface area (Å²) in [5, 5.41) is 2.43. The summed E-state index contributed by atoms with van der Waals surface area (Å²) < 4.78 is 38.3. The van der Waals surface area contributed by atoms with Crippen molar-refractivity contribution in [2.24, 2.45) is 11.8 Å². The second-order valence-corrected chi connectivity index (χ2v) is 4.44. The van der Waals surface area contributed by atoms with Crippen LogP contribution in [-0.4, -0.2) is 18.1 Å². The number of carbonyl (C=O) groups is 1. The van der Waals surface area contributed by atoms with E-state index in [0.717, 1.165) is 0 Å².